The number of aryl methyl sites for hydroxylation is 2. The molecule has 1 aliphatic carbocycles. The quantitative estimate of drug-likeness (QED) is 0.249. The number of aromatic nitrogens is 1. The lowest BCUT2D eigenvalue weighted by Gasteiger charge is -2.13. The zero-order valence-electron chi connectivity index (χ0n) is 19.2. The van der Waals surface area contributed by atoms with Gasteiger partial charge in [0.25, 0.3) is 5.91 Å². The first-order chi connectivity index (χ1) is 16.9. The Morgan fingerprint density at radius 2 is 1.89 bits per heavy atom. The lowest BCUT2D eigenvalue weighted by molar-refractivity contribution is 0.0700. The molecule has 4 aromatic rings. The van der Waals surface area contributed by atoms with E-state index in [0.717, 1.165) is 17.5 Å². The number of hydrogen-bond acceptors (Lipinski definition) is 6. The minimum atomic E-state index is -0.651. The van der Waals surface area contributed by atoms with Gasteiger partial charge in [-0.1, -0.05) is 30.3 Å². The van der Waals surface area contributed by atoms with E-state index in [1.165, 1.54) is 18.2 Å². The first kappa shape index (κ1) is 22.5. The van der Waals surface area contributed by atoms with Crippen LogP contribution in [0.15, 0.2) is 64.1 Å². The summed E-state index contributed by atoms with van der Waals surface area (Å²) in [5.74, 6) is -0.890. The fourth-order valence-electron chi connectivity index (χ4n) is 4.24. The van der Waals surface area contributed by atoms with Crippen molar-refractivity contribution in [1.29, 1.82) is 0 Å². The molecule has 0 atom stereocenters. The number of amides is 1. The topological polar surface area (TPSA) is 93.8 Å². The van der Waals surface area contributed by atoms with Gasteiger partial charge >= 0.3 is 5.97 Å². The molecule has 0 bridgehead atoms. The summed E-state index contributed by atoms with van der Waals surface area (Å²) in [7, 11) is 0. The summed E-state index contributed by atoms with van der Waals surface area (Å²) < 4.78 is 25.5. The van der Waals surface area contributed by atoms with Crippen LogP contribution in [0.2, 0.25) is 0 Å². The van der Waals surface area contributed by atoms with Crippen molar-refractivity contribution >= 4 is 28.5 Å². The van der Waals surface area contributed by atoms with Crippen molar-refractivity contribution in [3.8, 4) is 5.75 Å². The number of pyridine rings is 1. The van der Waals surface area contributed by atoms with E-state index >= 15 is 0 Å². The number of hydrazone groups is 1. The number of para-hydroxylation sites is 1. The molecule has 0 unspecified atom stereocenters. The van der Waals surface area contributed by atoms with E-state index in [1.807, 2.05) is 25.1 Å². The average Bonchev–Trinajstić information content (AvgIpc) is 3.20. The number of rotatable bonds is 4. The first-order valence-corrected chi connectivity index (χ1v) is 11.2. The van der Waals surface area contributed by atoms with E-state index in [9.17, 15) is 14.0 Å². The van der Waals surface area contributed by atoms with Crippen molar-refractivity contribution in [3.63, 3.8) is 0 Å². The summed E-state index contributed by atoms with van der Waals surface area (Å²) in [5, 5.41) is 5.10. The Labute approximate surface area is 200 Å². The van der Waals surface area contributed by atoms with Gasteiger partial charge in [0.2, 0.25) is 5.76 Å². The summed E-state index contributed by atoms with van der Waals surface area (Å²) in [6.45, 7) is 3.62. The van der Waals surface area contributed by atoms with E-state index in [4.69, 9.17) is 9.15 Å². The van der Waals surface area contributed by atoms with Crippen LogP contribution in [0, 0.1) is 19.7 Å². The van der Waals surface area contributed by atoms with Crippen LogP contribution in [0.25, 0.3) is 10.9 Å². The van der Waals surface area contributed by atoms with Crippen LogP contribution in [0.5, 0.6) is 5.75 Å². The number of nitrogens with zero attached hydrogens (tertiary/aromatic N) is 2. The van der Waals surface area contributed by atoms with E-state index in [2.05, 4.69) is 15.5 Å². The molecule has 176 valence electrons. The molecule has 0 saturated carbocycles. The number of esters is 1. The molecule has 0 radical (unpaired) electrons. The summed E-state index contributed by atoms with van der Waals surface area (Å²) in [4.78, 5) is 30.0. The lowest BCUT2D eigenvalue weighted by atomic mass is 9.93. The van der Waals surface area contributed by atoms with Crippen LogP contribution < -0.4 is 10.2 Å². The summed E-state index contributed by atoms with van der Waals surface area (Å²) in [5.41, 5.74) is 5.54. The van der Waals surface area contributed by atoms with Crippen molar-refractivity contribution < 1.29 is 23.1 Å². The summed E-state index contributed by atoms with van der Waals surface area (Å²) in [6.07, 6.45) is 1.93. The molecule has 35 heavy (non-hydrogen) atoms. The SMILES string of the molecule is Cc1ccc2cccc(OC(=O)c3oc4c(c3C)/C(=N/NC(=O)c3ccccc3F)CCC4)c2n1. The average molecular weight is 471 g/mol. The molecule has 2 heterocycles. The molecule has 0 fully saturated rings. The normalized spacial score (nSPS) is 14.1. The first-order valence-electron chi connectivity index (χ1n) is 11.2. The number of carbonyl (C=O) groups is 2. The highest BCUT2D eigenvalue weighted by molar-refractivity contribution is 6.07. The van der Waals surface area contributed by atoms with Crippen molar-refractivity contribution in [1.82, 2.24) is 10.4 Å². The molecular weight excluding hydrogens is 449 g/mol. The smallest absolute Gasteiger partial charge is 0.380 e. The van der Waals surface area contributed by atoms with Gasteiger partial charge < -0.3 is 9.15 Å². The number of hydrogen-bond donors (Lipinski definition) is 1. The van der Waals surface area contributed by atoms with Gasteiger partial charge in [-0.05, 0) is 51.0 Å². The van der Waals surface area contributed by atoms with Gasteiger partial charge in [0.05, 0.1) is 11.3 Å². The lowest BCUT2D eigenvalue weighted by Crippen LogP contribution is -2.23. The molecule has 1 aliphatic rings. The van der Waals surface area contributed by atoms with Gasteiger partial charge in [0.15, 0.2) is 5.75 Å². The number of ether oxygens (including phenoxy) is 1. The van der Waals surface area contributed by atoms with Crippen LogP contribution >= 0.6 is 0 Å². The molecule has 0 spiro atoms. The number of nitrogens with one attached hydrogen (secondary N) is 1. The molecular formula is C27H22FN3O4. The Bertz CT molecular complexity index is 1510. The van der Waals surface area contributed by atoms with Gasteiger partial charge in [-0.2, -0.15) is 5.10 Å². The summed E-state index contributed by atoms with van der Waals surface area (Å²) >= 11 is 0. The third-order valence-electron chi connectivity index (χ3n) is 5.95. The second-order valence-electron chi connectivity index (χ2n) is 8.36. The highest BCUT2D eigenvalue weighted by Crippen LogP contribution is 2.31. The molecule has 5 rings (SSSR count). The van der Waals surface area contributed by atoms with Crippen molar-refractivity contribution in [3.05, 3.63) is 94.3 Å². The molecule has 1 amide bonds. The van der Waals surface area contributed by atoms with Gasteiger partial charge in [-0.3, -0.25) is 4.79 Å². The highest BCUT2D eigenvalue weighted by Gasteiger charge is 2.29. The van der Waals surface area contributed by atoms with Gasteiger partial charge in [0.1, 0.15) is 17.1 Å². The van der Waals surface area contributed by atoms with Crippen molar-refractivity contribution in [2.24, 2.45) is 5.10 Å². The minimum absolute atomic E-state index is 0.0784. The number of benzene rings is 2. The Balaban J connectivity index is 1.42. The Kier molecular flexibility index (Phi) is 5.86. The molecule has 1 N–H and O–H groups in total. The standard InChI is InChI=1S/C27H22FN3O4/c1-15-13-14-17-7-5-12-22(24(17)29-15)35-27(33)25-16(2)23-20(10-6-11-21(23)34-25)30-31-26(32)18-8-3-4-9-19(18)28/h3-5,7-9,12-14H,6,10-11H2,1-2H3,(H,31,32)/b30-20+. The highest BCUT2D eigenvalue weighted by atomic mass is 19.1. The zero-order chi connectivity index (χ0) is 24.5. The van der Waals surface area contributed by atoms with Crippen LogP contribution in [0.3, 0.4) is 0 Å². The Morgan fingerprint density at radius 1 is 1.06 bits per heavy atom. The van der Waals surface area contributed by atoms with Crippen molar-refractivity contribution in [2.75, 3.05) is 0 Å². The molecule has 8 heteroatoms. The second-order valence-corrected chi connectivity index (χ2v) is 8.36. The number of halogens is 1. The van der Waals surface area contributed by atoms with E-state index < -0.39 is 17.7 Å². The Morgan fingerprint density at radius 3 is 2.71 bits per heavy atom. The van der Waals surface area contributed by atoms with Gasteiger partial charge in [0, 0.05) is 28.6 Å². The van der Waals surface area contributed by atoms with Crippen LogP contribution in [-0.4, -0.2) is 22.6 Å². The van der Waals surface area contributed by atoms with Crippen LogP contribution in [0.1, 0.15) is 56.3 Å². The zero-order valence-corrected chi connectivity index (χ0v) is 19.2. The number of carbonyl (C=O) groups excluding carboxylic acids is 2. The predicted molar refractivity (Wildman–Crippen MR) is 128 cm³/mol. The van der Waals surface area contributed by atoms with Crippen LogP contribution in [0.4, 0.5) is 4.39 Å². The predicted octanol–water partition coefficient (Wildman–Crippen LogP) is 5.27. The fourth-order valence-corrected chi connectivity index (χ4v) is 4.24. The fraction of sp³-hybridized carbons (Fsp3) is 0.185. The second kappa shape index (κ2) is 9.13. The molecule has 0 saturated heterocycles. The number of furan rings is 1. The van der Waals surface area contributed by atoms with E-state index in [-0.39, 0.29) is 11.3 Å². The van der Waals surface area contributed by atoms with E-state index in [0.29, 0.717) is 46.7 Å². The molecule has 2 aromatic carbocycles. The largest absolute Gasteiger partial charge is 0.453 e. The molecule has 2 aromatic heterocycles. The minimum Gasteiger partial charge on any atom is -0.453 e. The third-order valence-corrected chi connectivity index (χ3v) is 5.95. The third kappa shape index (κ3) is 4.30. The molecule has 7 nitrogen and oxygen atoms in total. The Hall–Kier alpha value is -4.33. The maximum atomic E-state index is 13.9. The maximum absolute atomic E-state index is 13.9. The van der Waals surface area contributed by atoms with E-state index in [1.54, 1.807) is 25.1 Å². The van der Waals surface area contributed by atoms with Gasteiger partial charge in [-0.25, -0.2) is 19.6 Å². The van der Waals surface area contributed by atoms with Crippen LogP contribution in [-0.2, 0) is 6.42 Å². The number of fused-ring (bicyclic) bond motifs is 2. The maximum Gasteiger partial charge on any atom is 0.380 e. The van der Waals surface area contributed by atoms with Crippen molar-refractivity contribution in [2.45, 2.75) is 33.1 Å². The monoisotopic (exact) mass is 471 g/mol. The summed E-state index contributed by atoms with van der Waals surface area (Å²) in [6, 6.07) is 14.9. The van der Waals surface area contributed by atoms with Gasteiger partial charge in [-0.15, -0.1) is 0 Å². The molecule has 0 aliphatic heterocycles.